The second kappa shape index (κ2) is 7.40. The number of benzene rings is 2. The van der Waals surface area contributed by atoms with Gasteiger partial charge < -0.3 is 9.52 Å². The molecule has 0 aliphatic heterocycles. The van der Waals surface area contributed by atoms with E-state index in [1.165, 1.54) is 12.1 Å². The van der Waals surface area contributed by atoms with Crippen molar-refractivity contribution in [1.82, 2.24) is 0 Å². The molecule has 4 nitrogen and oxygen atoms in total. The van der Waals surface area contributed by atoms with Gasteiger partial charge >= 0.3 is 5.97 Å². The topological polar surface area (TPSA) is 67.5 Å². The molecule has 0 bridgehead atoms. The van der Waals surface area contributed by atoms with Crippen LogP contribution in [-0.4, -0.2) is 11.1 Å². The molecule has 0 saturated carbocycles. The van der Waals surface area contributed by atoms with Crippen molar-refractivity contribution in [3.8, 4) is 0 Å². The summed E-state index contributed by atoms with van der Waals surface area (Å²) in [4.78, 5) is 24.1. The molecule has 0 saturated heterocycles. The van der Waals surface area contributed by atoms with E-state index in [0.717, 1.165) is 17.5 Å². The first-order valence-electron chi connectivity index (χ1n) is 8.58. The van der Waals surface area contributed by atoms with Crippen LogP contribution in [-0.2, 0) is 6.42 Å². The molecule has 3 rings (SSSR count). The van der Waals surface area contributed by atoms with Crippen LogP contribution in [0, 0.1) is 6.92 Å². The second-order valence-corrected chi connectivity index (χ2v) is 6.23. The Morgan fingerprint density at radius 2 is 1.92 bits per heavy atom. The molecule has 2 aromatic carbocycles. The first-order valence-corrected chi connectivity index (χ1v) is 8.58. The molecule has 1 aromatic heterocycles. The standard InChI is InChI=1S/C22H20O4/c1-3-6-17-19(11-9-15-8-5-4-7-14(15)2)26-20-12-10-16(22(24)25)13-18(20)21(17)23/h4-5,7-13H,3,6H2,1-2H3,(H,24,25)/b11-9-. The molecule has 1 heterocycles. The van der Waals surface area contributed by atoms with Gasteiger partial charge in [0.05, 0.1) is 10.9 Å². The molecular weight excluding hydrogens is 328 g/mol. The molecule has 3 aromatic rings. The average molecular weight is 348 g/mol. The highest BCUT2D eigenvalue weighted by Crippen LogP contribution is 2.21. The van der Waals surface area contributed by atoms with Crippen LogP contribution in [0.5, 0.6) is 0 Å². The zero-order chi connectivity index (χ0) is 18.7. The van der Waals surface area contributed by atoms with E-state index in [1.807, 2.05) is 50.3 Å². The van der Waals surface area contributed by atoms with Gasteiger partial charge in [-0.05, 0) is 48.7 Å². The van der Waals surface area contributed by atoms with Crippen molar-refractivity contribution in [2.45, 2.75) is 26.7 Å². The normalized spacial score (nSPS) is 11.3. The second-order valence-electron chi connectivity index (χ2n) is 6.23. The lowest BCUT2D eigenvalue weighted by Crippen LogP contribution is -2.12. The Labute approximate surface area is 151 Å². The summed E-state index contributed by atoms with van der Waals surface area (Å²) >= 11 is 0. The Morgan fingerprint density at radius 1 is 1.15 bits per heavy atom. The van der Waals surface area contributed by atoms with E-state index in [-0.39, 0.29) is 11.0 Å². The van der Waals surface area contributed by atoms with E-state index in [0.29, 0.717) is 28.7 Å². The van der Waals surface area contributed by atoms with Gasteiger partial charge in [0.1, 0.15) is 11.3 Å². The molecule has 0 aliphatic carbocycles. The van der Waals surface area contributed by atoms with Crippen molar-refractivity contribution in [2.75, 3.05) is 0 Å². The summed E-state index contributed by atoms with van der Waals surface area (Å²) in [5, 5.41) is 9.46. The van der Waals surface area contributed by atoms with E-state index < -0.39 is 5.97 Å². The number of fused-ring (bicyclic) bond motifs is 1. The maximum atomic E-state index is 12.9. The molecular formula is C22H20O4. The van der Waals surface area contributed by atoms with Crippen LogP contribution in [0.3, 0.4) is 0 Å². The van der Waals surface area contributed by atoms with Crippen molar-refractivity contribution in [3.05, 3.63) is 80.7 Å². The summed E-state index contributed by atoms with van der Waals surface area (Å²) < 4.78 is 5.94. The van der Waals surface area contributed by atoms with Crippen LogP contribution in [0.2, 0.25) is 0 Å². The first-order chi connectivity index (χ1) is 12.5. The fraction of sp³-hybridized carbons (Fsp3) is 0.182. The molecule has 0 amide bonds. The smallest absolute Gasteiger partial charge is 0.335 e. The van der Waals surface area contributed by atoms with Crippen LogP contribution in [0.25, 0.3) is 23.1 Å². The largest absolute Gasteiger partial charge is 0.478 e. The SMILES string of the molecule is CCCc1c(/C=C\c2ccccc2C)oc2ccc(C(=O)O)cc2c1=O. The predicted octanol–water partition coefficient (Wildman–Crippen LogP) is 4.92. The van der Waals surface area contributed by atoms with Crippen molar-refractivity contribution < 1.29 is 14.3 Å². The van der Waals surface area contributed by atoms with E-state index in [4.69, 9.17) is 9.52 Å². The van der Waals surface area contributed by atoms with Gasteiger partial charge in [-0.15, -0.1) is 0 Å². The minimum atomic E-state index is -1.06. The third-order valence-electron chi connectivity index (χ3n) is 4.37. The van der Waals surface area contributed by atoms with Gasteiger partial charge in [-0.25, -0.2) is 4.79 Å². The van der Waals surface area contributed by atoms with Crippen LogP contribution in [0.1, 0.15) is 46.2 Å². The Morgan fingerprint density at radius 3 is 2.62 bits per heavy atom. The van der Waals surface area contributed by atoms with Crippen LogP contribution in [0.4, 0.5) is 0 Å². The molecule has 0 fully saturated rings. The predicted molar refractivity (Wildman–Crippen MR) is 104 cm³/mol. The highest BCUT2D eigenvalue weighted by Gasteiger charge is 2.14. The molecule has 0 aliphatic rings. The lowest BCUT2D eigenvalue weighted by molar-refractivity contribution is 0.0697. The van der Waals surface area contributed by atoms with E-state index in [2.05, 4.69) is 0 Å². The Balaban J connectivity index is 2.17. The lowest BCUT2D eigenvalue weighted by atomic mass is 10.0. The molecule has 4 heteroatoms. The van der Waals surface area contributed by atoms with Crippen LogP contribution < -0.4 is 5.43 Å². The number of hydrogen-bond acceptors (Lipinski definition) is 3. The summed E-state index contributed by atoms with van der Waals surface area (Å²) in [7, 11) is 0. The summed E-state index contributed by atoms with van der Waals surface area (Å²) in [6.45, 7) is 4.02. The summed E-state index contributed by atoms with van der Waals surface area (Å²) in [6, 6.07) is 12.3. The van der Waals surface area contributed by atoms with Gasteiger partial charge in [0.2, 0.25) is 0 Å². The highest BCUT2D eigenvalue weighted by atomic mass is 16.4. The third-order valence-corrected chi connectivity index (χ3v) is 4.37. The number of rotatable bonds is 5. The lowest BCUT2D eigenvalue weighted by Gasteiger charge is -2.07. The van der Waals surface area contributed by atoms with Gasteiger partial charge in [0.25, 0.3) is 0 Å². The monoisotopic (exact) mass is 348 g/mol. The zero-order valence-corrected chi connectivity index (χ0v) is 14.8. The van der Waals surface area contributed by atoms with Crippen molar-refractivity contribution in [2.24, 2.45) is 0 Å². The molecule has 26 heavy (non-hydrogen) atoms. The number of hydrogen-bond donors (Lipinski definition) is 1. The van der Waals surface area contributed by atoms with Crippen molar-refractivity contribution in [1.29, 1.82) is 0 Å². The number of carbonyl (C=O) groups is 1. The van der Waals surface area contributed by atoms with Gasteiger partial charge in [0, 0.05) is 5.56 Å². The van der Waals surface area contributed by atoms with Crippen LogP contribution >= 0.6 is 0 Å². The van der Waals surface area contributed by atoms with Crippen LogP contribution in [0.15, 0.2) is 51.7 Å². The number of aromatic carboxylic acids is 1. The number of aryl methyl sites for hydroxylation is 1. The minimum Gasteiger partial charge on any atom is -0.478 e. The van der Waals surface area contributed by atoms with E-state index in [9.17, 15) is 9.59 Å². The van der Waals surface area contributed by atoms with Gasteiger partial charge in [-0.3, -0.25) is 4.79 Å². The Hall–Kier alpha value is -3.14. The number of carboxylic acids is 1. The minimum absolute atomic E-state index is 0.0791. The maximum Gasteiger partial charge on any atom is 0.335 e. The summed E-state index contributed by atoms with van der Waals surface area (Å²) in [5.41, 5.74) is 3.07. The van der Waals surface area contributed by atoms with Gasteiger partial charge in [-0.1, -0.05) is 43.7 Å². The molecule has 0 unspecified atom stereocenters. The molecule has 132 valence electrons. The molecule has 1 N–H and O–H groups in total. The third kappa shape index (κ3) is 3.45. The molecule has 0 atom stereocenters. The van der Waals surface area contributed by atoms with Crippen molar-refractivity contribution >= 4 is 29.1 Å². The average Bonchev–Trinajstić information content (AvgIpc) is 2.63. The quantitative estimate of drug-likeness (QED) is 0.710. The Bertz CT molecular complexity index is 1060. The maximum absolute atomic E-state index is 12.9. The number of carboxylic acid groups (broad SMARTS) is 1. The van der Waals surface area contributed by atoms with Gasteiger partial charge in [-0.2, -0.15) is 0 Å². The van der Waals surface area contributed by atoms with E-state index >= 15 is 0 Å². The Kier molecular flexibility index (Phi) is 5.03. The van der Waals surface area contributed by atoms with Gasteiger partial charge in [0.15, 0.2) is 5.43 Å². The first kappa shape index (κ1) is 17.7. The zero-order valence-electron chi connectivity index (χ0n) is 14.8. The highest BCUT2D eigenvalue weighted by molar-refractivity contribution is 5.93. The molecule has 0 spiro atoms. The fourth-order valence-electron chi connectivity index (χ4n) is 2.94. The van der Waals surface area contributed by atoms with Crippen molar-refractivity contribution in [3.63, 3.8) is 0 Å². The summed E-state index contributed by atoms with van der Waals surface area (Å²) in [5.74, 6) is -0.539. The molecule has 0 radical (unpaired) electrons. The summed E-state index contributed by atoms with van der Waals surface area (Å²) in [6.07, 6.45) is 5.12. The fourth-order valence-corrected chi connectivity index (χ4v) is 2.94. The van der Waals surface area contributed by atoms with E-state index in [1.54, 1.807) is 6.07 Å².